The van der Waals surface area contributed by atoms with Crippen LogP contribution in [0, 0.1) is 0 Å². The van der Waals surface area contributed by atoms with E-state index in [0.717, 1.165) is 22.3 Å². The summed E-state index contributed by atoms with van der Waals surface area (Å²) < 4.78 is 33.0. The van der Waals surface area contributed by atoms with Crippen LogP contribution in [0.4, 0.5) is 0 Å². The first-order valence-electron chi connectivity index (χ1n) is 16.0. The van der Waals surface area contributed by atoms with Crippen molar-refractivity contribution in [2.45, 2.75) is 64.1 Å². The van der Waals surface area contributed by atoms with E-state index in [1.807, 2.05) is 134 Å². The van der Waals surface area contributed by atoms with Gasteiger partial charge in [-0.25, -0.2) is 5.06 Å². The Hall–Kier alpha value is -3.84. The normalized spacial score (nSPS) is 14.4. The van der Waals surface area contributed by atoms with Crippen molar-refractivity contribution in [1.29, 1.82) is 0 Å². The minimum absolute atomic E-state index is 0.208. The SMILES string of the molecule is CCC([C@H](OCc1ccccc1)[C@H](OCc1ccccc1)[C@@H](/C=C/P(C)(C)=O)OCc1ccccc1)N(C=O)OCc1ccccc1. The molecule has 0 saturated heterocycles. The maximum Gasteiger partial charge on any atom is 0.233 e. The van der Waals surface area contributed by atoms with Crippen LogP contribution in [0.5, 0.6) is 0 Å². The molecule has 1 unspecified atom stereocenters. The van der Waals surface area contributed by atoms with Crippen molar-refractivity contribution in [3.8, 4) is 0 Å². The van der Waals surface area contributed by atoms with Crippen LogP contribution >= 0.6 is 7.14 Å². The summed E-state index contributed by atoms with van der Waals surface area (Å²) in [6.45, 7) is 6.45. The number of ether oxygens (including phenoxy) is 3. The lowest BCUT2D eigenvalue weighted by Crippen LogP contribution is -2.53. The summed E-state index contributed by atoms with van der Waals surface area (Å²) in [4.78, 5) is 18.8. The Kier molecular flexibility index (Phi) is 14.6. The van der Waals surface area contributed by atoms with Crippen molar-refractivity contribution in [3.05, 3.63) is 155 Å². The second-order valence-corrected chi connectivity index (χ2v) is 14.9. The number of hydrogen-bond donors (Lipinski definition) is 0. The van der Waals surface area contributed by atoms with Crippen LogP contribution in [0.15, 0.2) is 133 Å². The molecule has 8 heteroatoms. The molecule has 0 saturated carbocycles. The van der Waals surface area contributed by atoms with Crippen LogP contribution in [0.25, 0.3) is 0 Å². The van der Waals surface area contributed by atoms with Gasteiger partial charge in [0.1, 0.15) is 32.1 Å². The maximum absolute atomic E-state index is 13.0. The first-order chi connectivity index (χ1) is 22.9. The number of rotatable bonds is 20. The van der Waals surface area contributed by atoms with Crippen LogP contribution in [0.3, 0.4) is 0 Å². The summed E-state index contributed by atoms with van der Waals surface area (Å²) >= 11 is 0. The molecule has 0 aliphatic rings. The zero-order chi connectivity index (χ0) is 33.3. The fourth-order valence-electron chi connectivity index (χ4n) is 5.14. The molecule has 0 fully saturated rings. The van der Waals surface area contributed by atoms with Gasteiger partial charge in [0.15, 0.2) is 0 Å². The minimum atomic E-state index is -2.57. The third kappa shape index (κ3) is 12.4. The predicted octanol–water partition coefficient (Wildman–Crippen LogP) is 8.25. The van der Waals surface area contributed by atoms with E-state index in [9.17, 15) is 9.36 Å². The van der Waals surface area contributed by atoms with E-state index in [-0.39, 0.29) is 19.8 Å². The first kappa shape index (κ1) is 36.0. The third-order valence-electron chi connectivity index (χ3n) is 7.59. The van der Waals surface area contributed by atoms with Gasteiger partial charge in [0.25, 0.3) is 0 Å². The van der Waals surface area contributed by atoms with Gasteiger partial charge in [-0.05, 0) is 53.9 Å². The molecule has 0 aliphatic carbocycles. The minimum Gasteiger partial charge on any atom is -0.368 e. The molecule has 0 radical (unpaired) electrons. The number of amides is 1. The molecule has 0 spiro atoms. The summed E-state index contributed by atoms with van der Waals surface area (Å²) in [7, 11) is -2.57. The molecule has 1 amide bonds. The van der Waals surface area contributed by atoms with Gasteiger partial charge in [0.05, 0.1) is 25.9 Å². The number of hydroxylamine groups is 2. The van der Waals surface area contributed by atoms with E-state index in [2.05, 4.69) is 0 Å². The highest BCUT2D eigenvalue weighted by atomic mass is 31.2. The molecular weight excluding hydrogens is 609 g/mol. The number of nitrogens with zero attached hydrogens (tertiary/aromatic N) is 1. The molecule has 0 N–H and O–H groups in total. The standard InChI is InChI=1S/C39H46NO6P/c1-4-36(40(31-41)46-30-35-23-15-8-16-24-35)38(44-28-33-19-11-6-12-20-33)39(45-29-34-21-13-7-14-22-34)37(25-26-47(2,3)42)43-27-32-17-9-5-10-18-32/h5-26,31,36-39H,4,27-30H2,1-3H3/b26-25+/t36?,37-,38+,39-/m1/s1. The lowest BCUT2D eigenvalue weighted by molar-refractivity contribution is -0.230. The summed E-state index contributed by atoms with van der Waals surface area (Å²) in [5.74, 6) is 1.71. The molecule has 248 valence electrons. The van der Waals surface area contributed by atoms with Gasteiger partial charge in [0, 0.05) is 0 Å². The Morgan fingerprint density at radius 1 is 0.617 bits per heavy atom. The fraction of sp³-hybridized carbons (Fsp3) is 0.308. The number of carbonyl (C=O) groups is 1. The van der Waals surface area contributed by atoms with Crippen molar-refractivity contribution in [2.24, 2.45) is 0 Å². The molecular formula is C39H46NO6P. The molecule has 47 heavy (non-hydrogen) atoms. The molecule has 0 aromatic heterocycles. The Labute approximate surface area is 279 Å². The Morgan fingerprint density at radius 2 is 1.02 bits per heavy atom. The molecule has 0 aliphatic heterocycles. The lowest BCUT2D eigenvalue weighted by atomic mass is 9.97. The summed E-state index contributed by atoms with van der Waals surface area (Å²) in [5.41, 5.74) is 3.86. The van der Waals surface area contributed by atoms with Crippen LogP contribution in [0.2, 0.25) is 0 Å². The Morgan fingerprint density at radius 3 is 1.43 bits per heavy atom. The summed E-state index contributed by atoms with van der Waals surface area (Å²) in [5, 5.41) is 1.34. The van der Waals surface area contributed by atoms with Crippen LogP contribution in [-0.4, -0.2) is 49.2 Å². The van der Waals surface area contributed by atoms with Crippen molar-refractivity contribution in [1.82, 2.24) is 5.06 Å². The van der Waals surface area contributed by atoms with Gasteiger partial charge < -0.3 is 18.8 Å². The van der Waals surface area contributed by atoms with Crippen molar-refractivity contribution in [3.63, 3.8) is 0 Å². The molecule has 4 aromatic rings. The van der Waals surface area contributed by atoms with Gasteiger partial charge in [-0.15, -0.1) is 0 Å². The van der Waals surface area contributed by atoms with Crippen molar-refractivity contribution >= 4 is 13.6 Å². The Balaban J connectivity index is 1.74. The predicted molar refractivity (Wildman–Crippen MR) is 187 cm³/mol. The van der Waals surface area contributed by atoms with E-state index in [4.69, 9.17) is 19.0 Å². The molecule has 4 aromatic carbocycles. The number of benzene rings is 4. The van der Waals surface area contributed by atoms with Crippen molar-refractivity contribution in [2.75, 3.05) is 13.3 Å². The third-order valence-corrected chi connectivity index (χ3v) is 8.48. The average Bonchev–Trinajstić information content (AvgIpc) is 3.10. The largest absolute Gasteiger partial charge is 0.368 e. The van der Waals surface area contributed by atoms with E-state index in [1.165, 1.54) is 5.06 Å². The number of hydrogen-bond acceptors (Lipinski definition) is 6. The quantitative estimate of drug-likeness (QED) is 0.0543. The van der Waals surface area contributed by atoms with Gasteiger partial charge >= 0.3 is 0 Å². The highest BCUT2D eigenvalue weighted by molar-refractivity contribution is 7.65. The lowest BCUT2D eigenvalue weighted by Gasteiger charge is -2.39. The Bertz CT molecular complexity index is 1510. The van der Waals surface area contributed by atoms with Gasteiger partial charge in [-0.1, -0.05) is 128 Å². The fourth-order valence-corrected chi connectivity index (χ4v) is 5.72. The topological polar surface area (TPSA) is 74.3 Å². The maximum atomic E-state index is 13.0. The summed E-state index contributed by atoms with van der Waals surface area (Å²) in [6.07, 6.45) is 0.923. The van der Waals surface area contributed by atoms with E-state index in [0.29, 0.717) is 19.4 Å². The van der Waals surface area contributed by atoms with Crippen LogP contribution < -0.4 is 0 Å². The molecule has 0 bridgehead atoms. The highest BCUT2D eigenvalue weighted by Crippen LogP contribution is 2.38. The zero-order valence-electron chi connectivity index (χ0n) is 27.5. The second kappa shape index (κ2) is 19.1. The highest BCUT2D eigenvalue weighted by Gasteiger charge is 2.39. The summed E-state index contributed by atoms with van der Waals surface area (Å²) in [6, 6.07) is 38.8. The number of carbonyl (C=O) groups excluding carboxylic acids is 1. The monoisotopic (exact) mass is 655 g/mol. The van der Waals surface area contributed by atoms with E-state index in [1.54, 1.807) is 19.1 Å². The average molecular weight is 656 g/mol. The molecule has 4 atom stereocenters. The van der Waals surface area contributed by atoms with Gasteiger partial charge in [-0.2, -0.15) is 0 Å². The van der Waals surface area contributed by atoms with Crippen molar-refractivity contribution < 1.29 is 28.4 Å². The molecule has 7 nitrogen and oxygen atoms in total. The molecule has 4 rings (SSSR count). The van der Waals surface area contributed by atoms with Gasteiger partial charge in [0.2, 0.25) is 6.41 Å². The van der Waals surface area contributed by atoms with Gasteiger partial charge in [-0.3, -0.25) is 9.63 Å². The van der Waals surface area contributed by atoms with Crippen LogP contribution in [0.1, 0.15) is 35.6 Å². The molecule has 0 heterocycles. The smallest absolute Gasteiger partial charge is 0.233 e. The van der Waals surface area contributed by atoms with E-state index >= 15 is 0 Å². The van der Waals surface area contributed by atoms with Crippen LogP contribution in [-0.2, 0) is 54.8 Å². The first-order valence-corrected chi connectivity index (χ1v) is 18.6. The zero-order valence-corrected chi connectivity index (χ0v) is 28.4. The second-order valence-electron chi connectivity index (χ2n) is 11.8. The van der Waals surface area contributed by atoms with E-state index < -0.39 is 31.5 Å².